The summed E-state index contributed by atoms with van der Waals surface area (Å²) in [6.45, 7) is 4.30. The van der Waals surface area contributed by atoms with Crippen molar-refractivity contribution in [3.63, 3.8) is 0 Å². The first kappa shape index (κ1) is 17.8. The van der Waals surface area contributed by atoms with Crippen molar-refractivity contribution in [1.29, 1.82) is 0 Å². The Balaban J connectivity index is 1.43. The van der Waals surface area contributed by atoms with Crippen molar-refractivity contribution in [3.05, 3.63) is 64.9 Å². The Bertz CT molecular complexity index is 863. The summed E-state index contributed by atoms with van der Waals surface area (Å²) in [4.78, 5) is 23.6. The maximum absolute atomic E-state index is 13.1. The molecule has 1 fully saturated rings. The topological polar surface area (TPSA) is 39.2 Å². The lowest BCUT2D eigenvalue weighted by Crippen LogP contribution is -2.53. The largest absolute Gasteiger partial charge is 0.368 e. The highest BCUT2D eigenvalue weighted by Crippen LogP contribution is 2.20. The Hall–Kier alpha value is -2.60. The van der Waals surface area contributed by atoms with Crippen LogP contribution >= 0.6 is 11.6 Å². The van der Waals surface area contributed by atoms with Crippen LogP contribution in [0.4, 0.5) is 10.1 Å². The second-order valence-corrected chi connectivity index (χ2v) is 7.04. The molecule has 140 valence electrons. The number of hydrogen-bond donors (Lipinski definition) is 0. The number of halogens is 2. The maximum atomic E-state index is 13.1. The molecule has 2 aromatic rings. The Kier molecular flexibility index (Phi) is 4.99. The number of amides is 1. The van der Waals surface area contributed by atoms with Crippen LogP contribution < -0.4 is 4.90 Å². The molecule has 2 aromatic carbocycles. The fraction of sp³-hybridized carbons (Fsp3) is 0.300. The van der Waals surface area contributed by atoms with Crippen molar-refractivity contribution >= 4 is 29.2 Å². The summed E-state index contributed by atoms with van der Waals surface area (Å²) in [5, 5.41) is 0.548. The number of piperazine rings is 1. The molecule has 2 heterocycles. The predicted molar refractivity (Wildman–Crippen MR) is 105 cm³/mol. The van der Waals surface area contributed by atoms with Crippen LogP contribution in [0.2, 0.25) is 5.02 Å². The van der Waals surface area contributed by atoms with E-state index in [1.807, 2.05) is 0 Å². The van der Waals surface area contributed by atoms with E-state index in [1.54, 1.807) is 41.3 Å². The molecule has 0 bridgehead atoms. The van der Waals surface area contributed by atoms with E-state index in [4.69, 9.17) is 11.6 Å². The molecule has 0 saturated carbocycles. The van der Waals surface area contributed by atoms with Crippen molar-refractivity contribution < 1.29 is 9.18 Å². The van der Waals surface area contributed by atoms with Gasteiger partial charge in [-0.2, -0.15) is 0 Å². The number of benzene rings is 2. The minimum absolute atomic E-state index is 0.0743. The van der Waals surface area contributed by atoms with Crippen molar-refractivity contribution in [2.24, 2.45) is 4.99 Å². The van der Waals surface area contributed by atoms with Gasteiger partial charge in [0.2, 0.25) is 5.96 Å². The lowest BCUT2D eigenvalue weighted by molar-refractivity contribution is 0.0843. The molecule has 4 rings (SSSR count). The van der Waals surface area contributed by atoms with Crippen LogP contribution in [-0.2, 0) is 0 Å². The SMILES string of the molecule is O=C(c1cccc(Cl)c1)N1CCN=C1N1CCN(c2ccc(F)cc2)CC1. The van der Waals surface area contributed by atoms with E-state index in [0.29, 0.717) is 23.7 Å². The molecule has 0 radical (unpaired) electrons. The number of anilines is 1. The van der Waals surface area contributed by atoms with Crippen LogP contribution in [0.3, 0.4) is 0 Å². The Morgan fingerprint density at radius 2 is 1.67 bits per heavy atom. The third kappa shape index (κ3) is 3.76. The van der Waals surface area contributed by atoms with Crippen LogP contribution in [0.25, 0.3) is 0 Å². The zero-order valence-electron chi connectivity index (χ0n) is 14.8. The van der Waals surface area contributed by atoms with E-state index in [9.17, 15) is 9.18 Å². The summed E-state index contributed by atoms with van der Waals surface area (Å²) in [5.41, 5.74) is 1.58. The third-order valence-corrected chi connectivity index (χ3v) is 5.12. The molecule has 0 unspecified atom stereocenters. The molecule has 5 nitrogen and oxygen atoms in total. The van der Waals surface area contributed by atoms with E-state index in [2.05, 4.69) is 14.8 Å². The van der Waals surface area contributed by atoms with Gasteiger partial charge in [0.05, 0.1) is 6.54 Å². The second kappa shape index (κ2) is 7.56. The number of hydrogen-bond acceptors (Lipinski definition) is 4. The molecule has 7 heteroatoms. The first-order valence-electron chi connectivity index (χ1n) is 8.99. The van der Waals surface area contributed by atoms with Crippen molar-refractivity contribution in [3.8, 4) is 0 Å². The van der Waals surface area contributed by atoms with Crippen molar-refractivity contribution in [1.82, 2.24) is 9.80 Å². The molecule has 0 spiro atoms. The molecule has 1 saturated heterocycles. The van der Waals surface area contributed by atoms with E-state index in [0.717, 1.165) is 37.8 Å². The Labute approximate surface area is 162 Å². The Morgan fingerprint density at radius 1 is 0.963 bits per heavy atom. The van der Waals surface area contributed by atoms with Crippen LogP contribution in [0.1, 0.15) is 10.4 Å². The summed E-state index contributed by atoms with van der Waals surface area (Å²) in [5.74, 6) is 0.432. The van der Waals surface area contributed by atoms with Gasteiger partial charge in [0.1, 0.15) is 5.82 Å². The first-order valence-corrected chi connectivity index (χ1v) is 9.37. The number of rotatable bonds is 2. The van der Waals surface area contributed by atoms with Gasteiger partial charge < -0.3 is 9.80 Å². The molecule has 0 aromatic heterocycles. The number of nitrogens with zero attached hydrogens (tertiary/aromatic N) is 4. The number of guanidine groups is 1. The van der Waals surface area contributed by atoms with Crippen LogP contribution in [0.15, 0.2) is 53.5 Å². The summed E-state index contributed by atoms with van der Waals surface area (Å²) < 4.78 is 13.1. The highest BCUT2D eigenvalue weighted by molar-refractivity contribution is 6.31. The minimum Gasteiger partial charge on any atom is -0.368 e. The van der Waals surface area contributed by atoms with Gasteiger partial charge in [-0.3, -0.25) is 14.7 Å². The van der Waals surface area contributed by atoms with Crippen LogP contribution in [0.5, 0.6) is 0 Å². The standard InChI is InChI=1S/C20H20ClFN4O/c21-16-3-1-2-15(14-16)19(27)26-9-8-23-20(26)25-12-10-24(11-13-25)18-6-4-17(22)5-7-18/h1-7,14H,8-13H2. The average molecular weight is 387 g/mol. The summed E-state index contributed by atoms with van der Waals surface area (Å²) in [6, 6.07) is 13.6. The fourth-order valence-corrected chi connectivity index (χ4v) is 3.68. The summed E-state index contributed by atoms with van der Waals surface area (Å²) >= 11 is 6.02. The van der Waals surface area contributed by atoms with E-state index < -0.39 is 0 Å². The molecule has 0 aliphatic carbocycles. The van der Waals surface area contributed by atoms with Gasteiger partial charge in [0, 0.05) is 49.0 Å². The number of carbonyl (C=O) groups is 1. The predicted octanol–water partition coefficient (Wildman–Crippen LogP) is 3.11. The lowest BCUT2D eigenvalue weighted by atomic mass is 10.2. The minimum atomic E-state index is -0.229. The smallest absolute Gasteiger partial charge is 0.260 e. The van der Waals surface area contributed by atoms with E-state index >= 15 is 0 Å². The van der Waals surface area contributed by atoms with Crippen molar-refractivity contribution in [2.75, 3.05) is 44.2 Å². The lowest BCUT2D eigenvalue weighted by Gasteiger charge is -2.38. The molecule has 0 atom stereocenters. The number of aliphatic imine (C=N–C) groups is 1. The zero-order chi connectivity index (χ0) is 18.8. The van der Waals surface area contributed by atoms with Gasteiger partial charge in [-0.05, 0) is 42.5 Å². The molecular formula is C20H20ClFN4O. The first-order chi connectivity index (χ1) is 13.1. The molecule has 2 aliphatic rings. The normalized spacial score (nSPS) is 17.3. The molecule has 27 heavy (non-hydrogen) atoms. The quantitative estimate of drug-likeness (QED) is 0.796. The van der Waals surface area contributed by atoms with Gasteiger partial charge in [0.15, 0.2) is 0 Å². The molecular weight excluding hydrogens is 367 g/mol. The fourth-order valence-electron chi connectivity index (χ4n) is 3.49. The van der Waals surface area contributed by atoms with E-state index in [-0.39, 0.29) is 11.7 Å². The van der Waals surface area contributed by atoms with Gasteiger partial charge in [-0.1, -0.05) is 17.7 Å². The molecule has 0 N–H and O–H groups in total. The second-order valence-electron chi connectivity index (χ2n) is 6.60. The van der Waals surface area contributed by atoms with Gasteiger partial charge >= 0.3 is 0 Å². The monoisotopic (exact) mass is 386 g/mol. The Morgan fingerprint density at radius 3 is 2.37 bits per heavy atom. The van der Waals surface area contributed by atoms with E-state index in [1.165, 1.54) is 12.1 Å². The zero-order valence-corrected chi connectivity index (χ0v) is 15.6. The van der Waals surface area contributed by atoms with Gasteiger partial charge in [-0.25, -0.2) is 4.39 Å². The van der Waals surface area contributed by atoms with Gasteiger partial charge in [-0.15, -0.1) is 0 Å². The maximum Gasteiger partial charge on any atom is 0.260 e. The summed E-state index contributed by atoms with van der Waals surface area (Å²) in [7, 11) is 0. The van der Waals surface area contributed by atoms with Crippen LogP contribution in [0, 0.1) is 5.82 Å². The highest BCUT2D eigenvalue weighted by Gasteiger charge is 2.31. The molecule has 1 amide bonds. The molecule has 2 aliphatic heterocycles. The van der Waals surface area contributed by atoms with Gasteiger partial charge in [0.25, 0.3) is 5.91 Å². The van der Waals surface area contributed by atoms with Crippen LogP contribution in [-0.4, -0.2) is 60.9 Å². The highest BCUT2D eigenvalue weighted by atomic mass is 35.5. The third-order valence-electron chi connectivity index (χ3n) is 4.89. The average Bonchev–Trinajstić information content (AvgIpc) is 3.18. The number of carbonyl (C=O) groups excluding carboxylic acids is 1. The van der Waals surface area contributed by atoms with Crippen molar-refractivity contribution in [2.45, 2.75) is 0 Å². The summed E-state index contributed by atoms with van der Waals surface area (Å²) in [6.07, 6.45) is 0.